The molecule has 1 atom stereocenters. The van der Waals surface area contributed by atoms with E-state index < -0.39 is 11.5 Å². The van der Waals surface area contributed by atoms with Gasteiger partial charge in [0.2, 0.25) is 5.91 Å². The molecule has 1 N–H and O–H groups in total. The van der Waals surface area contributed by atoms with Crippen LogP contribution in [-0.2, 0) is 24.0 Å². The molecule has 150 valence electrons. The molecular weight excluding hydrogens is 348 g/mol. The fourth-order valence-corrected chi connectivity index (χ4v) is 2.83. The van der Waals surface area contributed by atoms with Gasteiger partial charge in [-0.1, -0.05) is 27.2 Å². The highest BCUT2D eigenvalue weighted by Crippen LogP contribution is 2.16. The first kappa shape index (κ1) is 22.7. The van der Waals surface area contributed by atoms with Gasteiger partial charge in [0.25, 0.3) is 11.8 Å². The molecule has 0 aromatic heterocycles. The Balaban J connectivity index is 2.15. The number of hydrogen-bond acceptors (Lipinski definition) is 5. The van der Waals surface area contributed by atoms with Crippen LogP contribution in [0.15, 0.2) is 12.2 Å². The third kappa shape index (κ3) is 7.85. The van der Waals surface area contributed by atoms with E-state index in [0.717, 1.165) is 6.42 Å². The highest BCUT2D eigenvalue weighted by Gasteiger charge is 2.27. The molecule has 0 saturated heterocycles. The van der Waals surface area contributed by atoms with Crippen LogP contribution in [0.25, 0.3) is 0 Å². The fraction of sp³-hybridized carbons (Fsp3) is 0.650. The molecule has 0 radical (unpaired) electrons. The topological polar surface area (TPSA) is 101 Å². The predicted octanol–water partition coefficient (Wildman–Crippen LogP) is 1.94. The van der Waals surface area contributed by atoms with Gasteiger partial charge in [0.05, 0.1) is 6.04 Å². The van der Waals surface area contributed by atoms with E-state index in [1.807, 2.05) is 0 Å². The Kier molecular flexibility index (Phi) is 8.53. The van der Waals surface area contributed by atoms with Crippen molar-refractivity contribution >= 4 is 29.3 Å². The first-order valence-corrected chi connectivity index (χ1v) is 9.41. The van der Waals surface area contributed by atoms with Crippen molar-refractivity contribution in [1.29, 1.82) is 0 Å². The normalized spacial score (nSPS) is 15.2. The van der Waals surface area contributed by atoms with E-state index in [2.05, 4.69) is 5.32 Å². The minimum Gasteiger partial charge on any atom is -0.347 e. The summed E-state index contributed by atoms with van der Waals surface area (Å²) in [6.45, 7) is 7.41. The second-order valence-electron chi connectivity index (χ2n) is 7.91. The Morgan fingerprint density at radius 2 is 1.56 bits per heavy atom. The lowest BCUT2D eigenvalue weighted by molar-refractivity contribution is -0.137. The minimum absolute atomic E-state index is 0.00468. The van der Waals surface area contributed by atoms with Crippen molar-refractivity contribution in [3.63, 3.8) is 0 Å². The van der Waals surface area contributed by atoms with Crippen molar-refractivity contribution in [2.45, 2.75) is 72.3 Å². The highest BCUT2D eigenvalue weighted by molar-refractivity contribution is 6.12. The second-order valence-corrected chi connectivity index (χ2v) is 7.91. The van der Waals surface area contributed by atoms with Crippen LogP contribution in [0.1, 0.15) is 66.2 Å². The van der Waals surface area contributed by atoms with Crippen LogP contribution in [0.3, 0.4) is 0 Å². The zero-order valence-corrected chi connectivity index (χ0v) is 16.7. The number of nitrogens with zero attached hydrogens (tertiary/aromatic N) is 1. The number of unbranched alkanes of at least 4 members (excludes halogenated alkanes) is 2. The van der Waals surface area contributed by atoms with Gasteiger partial charge in [0, 0.05) is 43.4 Å². The summed E-state index contributed by atoms with van der Waals surface area (Å²) in [7, 11) is 0. The summed E-state index contributed by atoms with van der Waals surface area (Å²) in [6.07, 6.45) is 5.14. The van der Waals surface area contributed by atoms with Gasteiger partial charge in [-0.05, 0) is 19.8 Å². The van der Waals surface area contributed by atoms with Gasteiger partial charge in [-0.15, -0.1) is 0 Å². The van der Waals surface area contributed by atoms with Crippen molar-refractivity contribution in [3.05, 3.63) is 12.2 Å². The molecular formula is C20H30N2O5. The van der Waals surface area contributed by atoms with Crippen LogP contribution in [0, 0.1) is 5.41 Å². The number of hydrogen-bond donors (Lipinski definition) is 1. The van der Waals surface area contributed by atoms with Crippen LogP contribution in [0.4, 0.5) is 0 Å². The lowest BCUT2D eigenvalue weighted by atomic mass is 9.87. The molecule has 3 amide bonds. The van der Waals surface area contributed by atoms with Gasteiger partial charge >= 0.3 is 0 Å². The van der Waals surface area contributed by atoms with Gasteiger partial charge in [-0.3, -0.25) is 28.9 Å². The molecule has 1 rings (SSSR count). The Bertz CT molecular complexity index is 613. The molecule has 0 aromatic rings. The fourth-order valence-electron chi connectivity index (χ4n) is 2.83. The largest absolute Gasteiger partial charge is 0.347 e. The molecule has 1 aliphatic heterocycles. The number of Topliss-reactive ketones (excluding diaryl/α,β-unsaturated/α-hetero) is 2. The molecule has 1 heterocycles. The van der Waals surface area contributed by atoms with Crippen molar-refractivity contribution in [2.24, 2.45) is 5.41 Å². The van der Waals surface area contributed by atoms with Crippen molar-refractivity contribution in [2.75, 3.05) is 6.54 Å². The molecule has 7 nitrogen and oxygen atoms in total. The number of imide groups is 1. The summed E-state index contributed by atoms with van der Waals surface area (Å²) < 4.78 is 0. The van der Waals surface area contributed by atoms with Crippen molar-refractivity contribution in [3.8, 4) is 0 Å². The molecule has 0 fully saturated rings. The van der Waals surface area contributed by atoms with Gasteiger partial charge < -0.3 is 5.32 Å². The molecule has 0 aliphatic carbocycles. The maximum atomic E-state index is 12.0. The predicted molar refractivity (Wildman–Crippen MR) is 101 cm³/mol. The van der Waals surface area contributed by atoms with Gasteiger partial charge in [0.15, 0.2) is 5.78 Å². The van der Waals surface area contributed by atoms with Gasteiger partial charge in [-0.2, -0.15) is 0 Å². The molecule has 0 bridgehead atoms. The molecule has 1 aliphatic rings. The van der Waals surface area contributed by atoms with E-state index in [-0.39, 0.29) is 42.1 Å². The standard InChI is InChI=1S/C20H30N2O5/c1-14(19(27)20(2,3)4)21-16(24)10-9-15(23)8-6-5-7-13-22-17(25)11-12-18(22)26/h11-12,14H,5-10,13H2,1-4H3,(H,21,24). The van der Waals surface area contributed by atoms with Crippen molar-refractivity contribution in [1.82, 2.24) is 10.2 Å². The second kappa shape index (κ2) is 10.1. The van der Waals surface area contributed by atoms with Crippen LogP contribution < -0.4 is 5.32 Å². The van der Waals surface area contributed by atoms with Crippen LogP contribution in [0.2, 0.25) is 0 Å². The smallest absolute Gasteiger partial charge is 0.253 e. The number of ketones is 2. The lowest BCUT2D eigenvalue weighted by Crippen LogP contribution is -2.43. The first-order valence-electron chi connectivity index (χ1n) is 9.41. The Morgan fingerprint density at radius 3 is 2.11 bits per heavy atom. The Labute approximate surface area is 160 Å². The zero-order valence-electron chi connectivity index (χ0n) is 16.7. The van der Waals surface area contributed by atoms with Crippen LogP contribution in [0.5, 0.6) is 0 Å². The third-order valence-corrected chi connectivity index (χ3v) is 4.38. The number of carbonyl (C=O) groups is 5. The number of amides is 3. The summed E-state index contributed by atoms with van der Waals surface area (Å²) >= 11 is 0. The van der Waals surface area contributed by atoms with E-state index >= 15 is 0 Å². The van der Waals surface area contributed by atoms with Crippen molar-refractivity contribution < 1.29 is 24.0 Å². The maximum Gasteiger partial charge on any atom is 0.253 e. The monoisotopic (exact) mass is 378 g/mol. The first-order chi connectivity index (χ1) is 12.5. The van der Waals surface area contributed by atoms with E-state index in [1.54, 1.807) is 27.7 Å². The van der Waals surface area contributed by atoms with E-state index in [1.165, 1.54) is 17.1 Å². The molecule has 27 heavy (non-hydrogen) atoms. The average molecular weight is 378 g/mol. The van der Waals surface area contributed by atoms with E-state index in [4.69, 9.17) is 0 Å². The molecule has 1 unspecified atom stereocenters. The molecule has 0 saturated carbocycles. The van der Waals surface area contributed by atoms with Crippen LogP contribution in [-0.4, -0.2) is 46.8 Å². The quantitative estimate of drug-likeness (QED) is 0.437. The molecule has 0 aromatic carbocycles. The summed E-state index contributed by atoms with van der Waals surface area (Å²) in [5.74, 6) is -0.934. The van der Waals surface area contributed by atoms with Gasteiger partial charge in [-0.25, -0.2) is 0 Å². The number of carbonyl (C=O) groups excluding carboxylic acids is 5. The Hall–Kier alpha value is -2.31. The van der Waals surface area contributed by atoms with E-state index in [9.17, 15) is 24.0 Å². The van der Waals surface area contributed by atoms with Crippen LogP contribution >= 0.6 is 0 Å². The number of nitrogens with one attached hydrogen (secondary N) is 1. The number of rotatable bonds is 11. The average Bonchev–Trinajstić information content (AvgIpc) is 2.89. The minimum atomic E-state index is -0.571. The lowest BCUT2D eigenvalue weighted by Gasteiger charge is -2.22. The SMILES string of the molecule is CC(NC(=O)CCC(=O)CCCCCN1C(=O)C=CC1=O)C(=O)C(C)(C)C. The zero-order chi connectivity index (χ0) is 20.6. The highest BCUT2D eigenvalue weighted by atomic mass is 16.2. The third-order valence-electron chi connectivity index (χ3n) is 4.38. The maximum absolute atomic E-state index is 12.0. The molecule has 7 heteroatoms. The summed E-state index contributed by atoms with van der Waals surface area (Å²) in [5, 5.41) is 2.64. The van der Waals surface area contributed by atoms with Gasteiger partial charge in [0.1, 0.15) is 5.78 Å². The summed E-state index contributed by atoms with van der Waals surface area (Å²) in [6, 6.07) is -0.571. The Morgan fingerprint density at radius 1 is 0.963 bits per heavy atom. The van der Waals surface area contributed by atoms with E-state index in [0.29, 0.717) is 25.8 Å². The summed E-state index contributed by atoms with van der Waals surface area (Å²) in [4.78, 5) is 59.8. The summed E-state index contributed by atoms with van der Waals surface area (Å²) in [5.41, 5.74) is -0.525. The molecule has 0 spiro atoms.